The second kappa shape index (κ2) is 10.2. The van der Waals surface area contributed by atoms with E-state index in [0.717, 1.165) is 6.42 Å². The maximum absolute atomic E-state index is 2.40. The molecule has 0 spiro atoms. The third-order valence-corrected chi connectivity index (χ3v) is 5.50. The smallest absolute Gasteiger partial charge is 1.00 e. The van der Waals surface area contributed by atoms with Gasteiger partial charge in [-0.1, -0.05) is 74.0 Å². The molecule has 0 aliphatic carbocycles. The molecule has 3 heteroatoms. The third-order valence-electron chi connectivity index (χ3n) is 5.50. The first-order chi connectivity index (χ1) is 13.2. The summed E-state index contributed by atoms with van der Waals surface area (Å²) in [5.41, 5.74) is 4.14. The van der Waals surface area contributed by atoms with Crippen molar-refractivity contribution < 1.29 is 51.0 Å². The molecule has 0 nitrogen and oxygen atoms in total. The number of fused-ring (bicyclic) bond motifs is 3. The van der Waals surface area contributed by atoms with Crippen LogP contribution in [0.5, 0.6) is 0 Å². The van der Waals surface area contributed by atoms with Crippen LogP contribution >= 0.6 is 0 Å². The first-order valence-corrected chi connectivity index (χ1v) is 9.80. The van der Waals surface area contributed by atoms with Crippen LogP contribution in [0.3, 0.4) is 0 Å². The van der Waals surface area contributed by atoms with E-state index in [9.17, 15) is 0 Å². The van der Waals surface area contributed by atoms with Gasteiger partial charge in [0, 0.05) is 0 Å². The van der Waals surface area contributed by atoms with Crippen molar-refractivity contribution >= 4 is 32.3 Å². The maximum atomic E-state index is 2.40. The molecule has 0 aromatic heterocycles. The Kier molecular flexibility index (Phi) is 8.40. The molecule has 0 bridgehead atoms. The van der Waals surface area contributed by atoms with Gasteiger partial charge in [0.25, 0.3) is 0 Å². The van der Waals surface area contributed by atoms with Crippen molar-refractivity contribution in [3.63, 3.8) is 0 Å². The zero-order valence-corrected chi connectivity index (χ0v) is 21.1. The van der Waals surface area contributed by atoms with Gasteiger partial charge in [-0.15, -0.1) is 34.5 Å². The molecule has 0 N–H and O–H groups in total. The summed E-state index contributed by atoms with van der Waals surface area (Å²) in [6, 6.07) is 31.3. The summed E-state index contributed by atoms with van der Waals surface area (Å²) in [6.45, 7) is 4.58. The molecule has 5 aromatic carbocycles. The van der Waals surface area contributed by atoms with Crippen LogP contribution in [-0.2, 0) is 32.6 Å². The van der Waals surface area contributed by atoms with Crippen molar-refractivity contribution in [3.05, 3.63) is 90.5 Å². The Labute approximate surface area is 210 Å². The van der Waals surface area contributed by atoms with Crippen LogP contribution in [0.2, 0.25) is 0 Å². The molecule has 0 aliphatic rings. The summed E-state index contributed by atoms with van der Waals surface area (Å²) in [5, 5.41) is 7.98. The van der Waals surface area contributed by atoms with E-state index in [1.807, 2.05) is 0 Å². The molecule has 5 aromatic rings. The molecular formula is C27H23Cl2Zr. The molecule has 149 valence electrons. The van der Waals surface area contributed by atoms with Crippen molar-refractivity contribution in [1.29, 1.82) is 0 Å². The fraction of sp³-hybridized carbons (Fsp3) is 0.148. The van der Waals surface area contributed by atoms with E-state index < -0.39 is 0 Å². The molecule has 0 atom stereocenters. The third kappa shape index (κ3) is 4.40. The standard InChI is InChI=1S/C27H23.2ClH.Zr/c1-18(2)14-19-15-20-10-7-13-25(26(20)16-19)27-23-11-5-3-8-21(23)17-22-9-4-6-12-24(22)27;;;/h3-13,15-18H,14H2,1-2H3;2*1H;/q-1;;;+3/p-2. The van der Waals surface area contributed by atoms with Crippen LogP contribution in [0, 0.1) is 5.92 Å². The van der Waals surface area contributed by atoms with Crippen LogP contribution in [-0.4, -0.2) is 0 Å². The second-order valence-corrected chi connectivity index (χ2v) is 7.96. The van der Waals surface area contributed by atoms with Gasteiger partial charge in [0.05, 0.1) is 0 Å². The Balaban J connectivity index is 0.00000107. The normalized spacial score (nSPS) is 10.6. The van der Waals surface area contributed by atoms with E-state index in [1.165, 1.54) is 49.0 Å². The van der Waals surface area contributed by atoms with Crippen molar-refractivity contribution in [2.24, 2.45) is 5.92 Å². The Morgan fingerprint density at radius 3 is 1.90 bits per heavy atom. The molecule has 5 rings (SSSR count). The van der Waals surface area contributed by atoms with Gasteiger partial charge in [-0.05, 0) is 45.5 Å². The SMILES string of the molecule is CC(C)Cc1cc2c(-c3c4ccccc4cc4ccccc34)cccc2[cH-]1.[Cl-].[Cl-].[Zr+3]. The average Bonchev–Trinajstić information content (AvgIpc) is 3.08. The number of benzene rings is 4. The van der Waals surface area contributed by atoms with Gasteiger partial charge >= 0.3 is 26.2 Å². The molecule has 0 amide bonds. The number of hydrogen-bond donors (Lipinski definition) is 0. The van der Waals surface area contributed by atoms with Crippen molar-refractivity contribution in [3.8, 4) is 11.1 Å². The first-order valence-electron chi connectivity index (χ1n) is 9.80. The Morgan fingerprint density at radius 2 is 1.30 bits per heavy atom. The van der Waals surface area contributed by atoms with Crippen LogP contribution in [0.1, 0.15) is 19.4 Å². The van der Waals surface area contributed by atoms with Gasteiger partial charge in [0.1, 0.15) is 0 Å². The van der Waals surface area contributed by atoms with Crippen LogP contribution in [0.15, 0.2) is 84.9 Å². The van der Waals surface area contributed by atoms with Gasteiger partial charge in [-0.2, -0.15) is 6.07 Å². The van der Waals surface area contributed by atoms with E-state index in [-0.39, 0.29) is 51.0 Å². The Hall–Kier alpha value is -1.53. The summed E-state index contributed by atoms with van der Waals surface area (Å²) in [4.78, 5) is 0. The van der Waals surface area contributed by atoms with Crippen molar-refractivity contribution in [1.82, 2.24) is 0 Å². The summed E-state index contributed by atoms with van der Waals surface area (Å²) in [5.74, 6) is 0.670. The first kappa shape index (κ1) is 24.7. The van der Waals surface area contributed by atoms with Gasteiger partial charge < -0.3 is 24.8 Å². The molecular weight excluding hydrogens is 486 g/mol. The van der Waals surface area contributed by atoms with Crippen molar-refractivity contribution in [2.75, 3.05) is 0 Å². The molecule has 0 aliphatic heterocycles. The molecule has 0 saturated heterocycles. The molecule has 30 heavy (non-hydrogen) atoms. The fourth-order valence-corrected chi connectivity index (χ4v) is 4.41. The van der Waals surface area contributed by atoms with Crippen LogP contribution < -0.4 is 24.8 Å². The topological polar surface area (TPSA) is 0 Å². The summed E-state index contributed by atoms with van der Waals surface area (Å²) in [6.07, 6.45) is 1.13. The van der Waals surface area contributed by atoms with Crippen LogP contribution in [0.4, 0.5) is 0 Å². The maximum Gasteiger partial charge on any atom is 3.00 e. The van der Waals surface area contributed by atoms with Gasteiger partial charge in [0.2, 0.25) is 0 Å². The predicted octanol–water partition coefficient (Wildman–Crippen LogP) is 1.74. The van der Waals surface area contributed by atoms with Gasteiger partial charge in [-0.25, -0.2) is 0 Å². The zero-order chi connectivity index (χ0) is 18.4. The molecule has 0 saturated carbocycles. The van der Waals surface area contributed by atoms with E-state index in [2.05, 4.69) is 98.8 Å². The number of halogens is 2. The summed E-state index contributed by atoms with van der Waals surface area (Å²) >= 11 is 0. The zero-order valence-electron chi connectivity index (χ0n) is 17.1. The largest absolute Gasteiger partial charge is 3.00 e. The molecule has 0 fully saturated rings. The summed E-state index contributed by atoms with van der Waals surface area (Å²) < 4.78 is 0. The number of hydrogen-bond acceptors (Lipinski definition) is 0. The van der Waals surface area contributed by atoms with Crippen molar-refractivity contribution in [2.45, 2.75) is 20.3 Å². The number of rotatable bonds is 3. The van der Waals surface area contributed by atoms with E-state index in [0.29, 0.717) is 5.92 Å². The Morgan fingerprint density at radius 1 is 0.700 bits per heavy atom. The minimum atomic E-state index is 0. The molecule has 1 radical (unpaired) electrons. The summed E-state index contributed by atoms with van der Waals surface area (Å²) in [7, 11) is 0. The van der Waals surface area contributed by atoms with E-state index in [4.69, 9.17) is 0 Å². The van der Waals surface area contributed by atoms with E-state index in [1.54, 1.807) is 0 Å². The minimum Gasteiger partial charge on any atom is -1.00 e. The minimum absolute atomic E-state index is 0. The monoisotopic (exact) mass is 507 g/mol. The van der Waals surface area contributed by atoms with E-state index >= 15 is 0 Å². The molecule has 0 heterocycles. The quantitative estimate of drug-likeness (QED) is 0.257. The van der Waals surface area contributed by atoms with Gasteiger partial charge in [0.15, 0.2) is 0 Å². The molecule has 0 unspecified atom stereocenters. The fourth-order valence-electron chi connectivity index (χ4n) is 4.41. The van der Waals surface area contributed by atoms with Gasteiger partial charge in [-0.3, -0.25) is 0 Å². The van der Waals surface area contributed by atoms with Crippen LogP contribution in [0.25, 0.3) is 43.4 Å². The Bertz CT molecular complexity index is 1230. The second-order valence-electron chi connectivity index (χ2n) is 7.96. The predicted molar refractivity (Wildman–Crippen MR) is 119 cm³/mol. The average molecular weight is 510 g/mol.